The summed E-state index contributed by atoms with van der Waals surface area (Å²) < 4.78 is 65.5. The lowest BCUT2D eigenvalue weighted by Gasteiger charge is -2.26. The molecule has 11 heteroatoms. The van der Waals surface area contributed by atoms with Gasteiger partial charge in [-0.1, -0.05) is 18.2 Å². The van der Waals surface area contributed by atoms with E-state index in [1.807, 2.05) is 0 Å². The molecular weight excluding hydrogens is 472 g/mol. The van der Waals surface area contributed by atoms with Crippen LogP contribution in [0.2, 0.25) is 0 Å². The van der Waals surface area contributed by atoms with Gasteiger partial charge in [0.05, 0.1) is 35.5 Å². The van der Waals surface area contributed by atoms with E-state index >= 15 is 0 Å². The maximum atomic E-state index is 13.2. The minimum absolute atomic E-state index is 0.147. The molecule has 1 N–H and O–H groups in total. The molecule has 1 atom stereocenters. The van der Waals surface area contributed by atoms with E-state index in [9.17, 15) is 26.9 Å². The smallest absolute Gasteiger partial charge is 0.434 e. The standard InChI is InChI=1S/C23H22F4N4O2S/c1-15(2)31(34(33)19-8-6-18(24)7-9-19)14-22(32)30-11-16-4-3-5-17(10-16)20-12-29-21(13-28-20)23(25,26)27/h3-10,12-13,15H,11,14H2,1-2H3,(H,30,32). The third-order valence-electron chi connectivity index (χ3n) is 4.76. The predicted octanol–water partition coefficient (Wildman–Crippen LogP) is 4.35. The van der Waals surface area contributed by atoms with Crippen LogP contribution in [0.1, 0.15) is 25.1 Å². The largest absolute Gasteiger partial charge is 0.593 e. The molecule has 0 aliphatic carbocycles. The highest BCUT2D eigenvalue weighted by molar-refractivity contribution is 7.89. The van der Waals surface area contributed by atoms with E-state index in [0.717, 1.165) is 6.20 Å². The first-order chi connectivity index (χ1) is 16.0. The van der Waals surface area contributed by atoms with Crippen LogP contribution in [0, 0.1) is 5.82 Å². The van der Waals surface area contributed by atoms with Crippen LogP contribution < -0.4 is 5.32 Å². The molecule has 180 valence electrons. The number of benzene rings is 2. The van der Waals surface area contributed by atoms with Gasteiger partial charge in [0.25, 0.3) is 0 Å². The molecule has 34 heavy (non-hydrogen) atoms. The lowest BCUT2D eigenvalue weighted by molar-refractivity contribution is -0.141. The number of aromatic nitrogens is 2. The maximum absolute atomic E-state index is 13.2. The SMILES string of the molecule is CC(C)N(CC(=O)NCc1cccc(-c2cnc(C(F)(F)F)cn2)c1)[S+]([O-])c1ccc(F)cc1. The number of hydrogen-bond acceptors (Lipinski definition) is 5. The van der Waals surface area contributed by atoms with E-state index in [-0.39, 0.29) is 30.7 Å². The van der Waals surface area contributed by atoms with E-state index < -0.39 is 29.0 Å². The van der Waals surface area contributed by atoms with Gasteiger partial charge >= 0.3 is 6.18 Å². The van der Waals surface area contributed by atoms with Crippen molar-refractivity contribution in [3.8, 4) is 11.3 Å². The number of hydrogen-bond donors (Lipinski definition) is 1. The average molecular weight is 495 g/mol. The van der Waals surface area contributed by atoms with Crippen LogP contribution in [-0.4, -0.2) is 37.3 Å². The van der Waals surface area contributed by atoms with Crippen molar-refractivity contribution < 1.29 is 26.9 Å². The molecular formula is C23H22F4N4O2S. The van der Waals surface area contributed by atoms with Crippen LogP contribution in [0.5, 0.6) is 0 Å². The van der Waals surface area contributed by atoms with Gasteiger partial charge in [-0.25, -0.2) is 9.37 Å². The first kappa shape index (κ1) is 25.6. The molecule has 1 unspecified atom stereocenters. The minimum atomic E-state index is -4.57. The third-order valence-corrected chi connectivity index (χ3v) is 6.41. The van der Waals surface area contributed by atoms with Crippen molar-refractivity contribution in [2.45, 2.75) is 37.5 Å². The molecule has 6 nitrogen and oxygen atoms in total. The minimum Gasteiger partial charge on any atom is -0.593 e. The van der Waals surface area contributed by atoms with Crippen LogP contribution in [0.25, 0.3) is 11.3 Å². The van der Waals surface area contributed by atoms with Gasteiger partial charge in [-0.3, -0.25) is 9.78 Å². The Morgan fingerprint density at radius 1 is 1.12 bits per heavy atom. The number of nitrogens with one attached hydrogen (secondary N) is 1. The zero-order valence-corrected chi connectivity index (χ0v) is 19.2. The van der Waals surface area contributed by atoms with E-state index in [1.54, 1.807) is 38.1 Å². The number of amides is 1. The van der Waals surface area contributed by atoms with Crippen molar-refractivity contribution >= 4 is 17.3 Å². The number of carbonyl (C=O) groups excluding carboxylic acids is 1. The molecule has 0 bridgehead atoms. The Bertz CT molecular complexity index is 1110. The van der Waals surface area contributed by atoms with Crippen molar-refractivity contribution in [2.24, 2.45) is 0 Å². The highest BCUT2D eigenvalue weighted by Crippen LogP contribution is 2.28. The monoisotopic (exact) mass is 494 g/mol. The summed E-state index contributed by atoms with van der Waals surface area (Å²) in [6, 6.07) is 11.8. The highest BCUT2D eigenvalue weighted by Gasteiger charge is 2.32. The fourth-order valence-corrected chi connectivity index (χ4v) is 4.24. The molecule has 1 heterocycles. The van der Waals surface area contributed by atoms with Crippen molar-refractivity contribution in [1.82, 2.24) is 19.6 Å². The molecule has 0 radical (unpaired) electrons. The summed E-state index contributed by atoms with van der Waals surface area (Å²) in [5, 5.41) is 2.75. The number of nitrogens with zero attached hydrogens (tertiary/aromatic N) is 3. The molecule has 0 fully saturated rings. The number of halogens is 4. The lowest BCUT2D eigenvalue weighted by atomic mass is 10.1. The van der Waals surface area contributed by atoms with Crippen LogP contribution in [0.15, 0.2) is 65.8 Å². The second-order valence-electron chi connectivity index (χ2n) is 7.63. The van der Waals surface area contributed by atoms with Crippen molar-refractivity contribution in [1.29, 1.82) is 0 Å². The Hall–Kier alpha value is -3.02. The summed E-state index contributed by atoms with van der Waals surface area (Å²) >= 11 is -1.65. The summed E-state index contributed by atoms with van der Waals surface area (Å²) in [5.41, 5.74) is 0.437. The summed E-state index contributed by atoms with van der Waals surface area (Å²) in [7, 11) is 0. The molecule has 0 saturated carbocycles. The molecule has 0 aliphatic rings. The normalized spacial score (nSPS) is 12.7. The van der Waals surface area contributed by atoms with E-state index in [4.69, 9.17) is 0 Å². The summed E-state index contributed by atoms with van der Waals surface area (Å²) in [6.45, 7) is 3.59. The highest BCUT2D eigenvalue weighted by atomic mass is 32.2. The van der Waals surface area contributed by atoms with Crippen molar-refractivity contribution in [2.75, 3.05) is 6.54 Å². The number of alkyl halides is 3. The second-order valence-corrected chi connectivity index (χ2v) is 9.07. The Balaban J connectivity index is 1.63. The lowest BCUT2D eigenvalue weighted by Crippen LogP contribution is -2.44. The van der Waals surface area contributed by atoms with Crippen molar-refractivity contribution in [3.63, 3.8) is 0 Å². The van der Waals surface area contributed by atoms with Crippen LogP contribution in [-0.2, 0) is 28.9 Å². The third kappa shape index (κ3) is 6.75. The van der Waals surface area contributed by atoms with Crippen LogP contribution in [0.4, 0.5) is 17.6 Å². The summed E-state index contributed by atoms with van der Waals surface area (Å²) in [4.78, 5) is 20.2. The number of rotatable bonds is 8. The van der Waals surface area contributed by atoms with E-state index in [0.29, 0.717) is 22.2 Å². The summed E-state index contributed by atoms with van der Waals surface area (Å²) in [5.74, 6) is -0.817. The average Bonchev–Trinajstić information content (AvgIpc) is 2.81. The van der Waals surface area contributed by atoms with Gasteiger partial charge in [-0.15, -0.1) is 4.31 Å². The van der Waals surface area contributed by atoms with Gasteiger partial charge in [-0.05, 0) is 49.7 Å². The van der Waals surface area contributed by atoms with Crippen LogP contribution >= 0.6 is 0 Å². The molecule has 3 aromatic rings. The molecule has 3 rings (SSSR count). The van der Waals surface area contributed by atoms with Gasteiger partial charge in [0.1, 0.15) is 12.4 Å². The Labute approximate surface area is 197 Å². The topological polar surface area (TPSA) is 81.2 Å². The molecule has 1 amide bonds. The van der Waals surface area contributed by atoms with Crippen LogP contribution in [0.3, 0.4) is 0 Å². The zero-order valence-electron chi connectivity index (χ0n) is 18.3. The molecule has 0 saturated heterocycles. The Kier molecular flexibility index (Phi) is 8.24. The van der Waals surface area contributed by atoms with Gasteiger partial charge in [0, 0.05) is 12.1 Å². The van der Waals surface area contributed by atoms with E-state index in [1.165, 1.54) is 28.6 Å². The van der Waals surface area contributed by atoms with Crippen molar-refractivity contribution in [3.05, 3.63) is 78.0 Å². The first-order valence-electron chi connectivity index (χ1n) is 10.2. The predicted molar refractivity (Wildman–Crippen MR) is 119 cm³/mol. The first-order valence-corrected chi connectivity index (χ1v) is 11.3. The second kappa shape index (κ2) is 10.9. The van der Waals surface area contributed by atoms with Gasteiger partial charge < -0.3 is 9.87 Å². The number of carbonyl (C=O) groups is 1. The van der Waals surface area contributed by atoms with Gasteiger partial charge in [0.15, 0.2) is 10.6 Å². The maximum Gasteiger partial charge on any atom is 0.434 e. The molecule has 0 spiro atoms. The van der Waals surface area contributed by atoms with Gasteiger partial charge in [0.2, 0.25) is 5.91 Å². The quantitative estimate of drug-likeness (QED) is 0.372. The fourth-order valence-electron chi connectivity index (χ4n) is 2.98. The Morgan fingerprint density at radius 3 is 2.41 bits per heavy atom. The van der Waals surface area contributed by atoms with E-state index in [2.05, 4.69) is 15.3 Å². The zero-order chi connectivity index (χ0) is 24.9. The Morgan fingerprint density at radius 2 is 1.82 bits per heavy atom. The fraction of sp³-hybridized carbons (Fsp3) is 0.261. The molecule has 0 aliphatic heterocycles. The summed E-state index contributed by atoms with van der Waals surface area (Å²) in [6.07, 6.45) is -2.85. The molecule has 2 aromatic carbocycles. The van der Waals surface area contributed by atoms with Gasteiger partial charge in [-0.2, -0.15) is 13.2 Å². The molecule has 1 aromatic heterocycles.